The van der Waals surface area contributed by atoms with Gasteiger partial charge in [0, 0.05) is 24.8 Å². The number of rotatable bonds is 7. The zero-order valence-electron chi connectivity index (χ0n) is 16.8. The average molecular weight is 454 g/mol. The van der Waals surface area contributed by atoms with E-state index in [2.05, 4.69) is 10.6 Å². The summed E-state index contributed by atoms with van der Waals surface area (Å²) in [7, 11) is -2.12. The van der Waals surface area contributed by atoms with Crippen molar-refractivity contribution in [3.05, 3.63) is 47.0 Å². The number of aryl methyl sites for hydroxylation is 1. The van der Waals surface area contributed by atoms with E-state index in [1.165, 1.54) is 10.4 Å². The molecule has 1 aliphatic rings. The fourth-order valence-electron chi connectivity index (χ4n) is 3.03. The molecule has 162 valence electrons. The molecule has 0 radical (unpaired) electrons. The molecule has 2 aromatic carbocycles. The Kier molecular flexibility index (Phi) is 7.19. The van der Waals surface area contributed by atoms with Crippen LogP contribution in [0.3, 0.4) is 0 Å². The van der Waals surface area contributed by atoms with Crippen LogP contribution >= 0.6 is 11.6 Å². The first-order valence-corrected chi connectivity index (χ1v) is 11.2. The molecule has 1 amide bonds. The van der Waals surface area contributed by atoms with Crippen LogP contribution in [0.15, 0.2) is 41.3 Å². The molecule has 2 aromatic rings. The van der Waals surface area contributed by atoms with E-state index in [1.807, 2.05) is 0 Å². The molecule has 0 unspecified atom stereocenters. The zero-order chi connectivity index (χ0) is 21.7. The number of anilines is 2. The molecule has 2 N–H and O–H groups in total. The maximum absolute atomic E-state index is 13.0. The van der Waals surface area contributed by atoms with Crippen LogP contribution in [-0.2, 0) is 19.6 Å². The highest BCUT2D eigenvalue weighted by molar-refractivity contribution is 7.89. The minimum atomic E-state index is -3.66. The van der Waals surface area contributed by atoms with Crippen molar-refractivity contribution in [2.45, 2.75) is 11.8 Å². The van der Waals surface area contributed by atoms with Crippen molar-refractivity contribution < 1.29 is 22.7 Å². The number of methoxy groups -OCH3 is 1. The number of morpholine rings is 1. The van der Waals surface area contributed by atoms with Gasteiger partial charge in [-0.25, -0.2) is 8.42 Å². The molecule has 8 nitrogen and oxygen atoms in total. The van der Waals surface area contributed by atoms with E-state index in [4.69, 9.17) is 21.1 Å². The summed E-state index contributed by atoms with van der Waals surface area (Å²) in [5, 5.41) is 6.13. The summed E-state index contributed by atoms with van der Waals surface area (Å²) >= 11 is 6.13. The van der Waals surface area contributed by atoms with Crippen LogP contribution in [0.5, 0.6) is 5.75 Å². The third-order valence-electron chi connectivity index (χ3n) is 4.67. The van der Waals surface area contributed by atoms with Gasteiger partial charge in [0.25, 0.3) is 0 Å². The number of carbonyl (C=O) groups is 1. The molecule has 30 heavy (non-hydrogen) atoms. The Labute approximate surface area is 181 Å². The number of hydrogen-bond donors (Lipinski definition) is 2. The van der Waals surface area contributed by atoms with E-state index < -0.39 is 10.0 Å². The number of sulfonamides is 1. The molecular weight excluding hydrogens is 430 g/mol. The quantitative estimate of drug-likeness (QED) is 0.669. The van der Waals surface area contributed by atoms with Crippen molar-refractivity contribution in [3.8, 4) is 5.75 Å². The Morgan fingerprint density at radius 3 is 2.63 bits per heavy atom. The number of amides is 1. The van der Waals surface area contributed by atoms with E-state index in [-0.39, 0.29) is 17.3 Å². The van der Waals surface area contributed by atoms with E-state index in [0.717, 1.165) is 0 Å². The molecule has 1 aliphatic heterocycles. The SMILES string of the molecule is COc1ccc(Cl)c(NCC(=O)Nc2ccc(C)c(S(=O)(=O)N3CCOCC3)c2)c1. The predicted octanol–water partition coefficient (Wildman–Crippen LogP) is 2.73. The smallest absolute Gasteiger partial charge is 0.243 e. The number of nitrogens with one attached hydrogen (secondary N) is 2. The largest absolute Gasteiger partial charge is 0.497 e. The third-order valence-corrected chi connectivity index (χ3v) is 7.04. The van der Waals surface area contributed by atoms with Gasteiger partial charge in [-0.2, -0.15) is 4.31 Å². The van der Waals surface area contributed by atoms with E-state index in [1.54, 1.807) is 44.4 Å². The lowest BCUT2D eigenvalue weighted by Gasteiger charge is -2.26. The first-order valence-electron chi connectivity index (χ1n) is 9.37. The number of carbonyl (C=O) groups excluding carboxylic acids is 1. The maximum atomic E-state index is 13.0. The van der Waals surface area contributed by atoms with Crippen molar-refractivity contribution in [2.75, 3.05) is 50.6 Å². The average Bonchev–Trinajstić information content (AvgIpc) is 2.75. The molecule has 0 bridgehead atoms. The van der Waals surface area contributed by atoms with Gasteiger partial charge in [0.2, 0.25) is 15.9 Å². The zero-order valence-corrected chi connectivity index (χ0v) is 18.3. The first kappa shape index (κ1) is 22.4. The van der Waals surface area contributed by atoms with Gasteiger partial charge in [0.05, 0.1) is 42.5 Å². The normalized spacial score (nSPS) is 14.9. The van der Waals surface area contributed by atoms with Crippen molar-refractivity contribution in [3.63, 3.8) is 0 Å². The molecule has 0 aliphatic carbocycles. The molecule has 1 heterocycles. The molecule has 3 rings (SSSR count). The number of halogens is 1. The highest BCUT2D eigenvalue weighted by atomic mass is 35.5. The van der Waals surface area contributed by atoms with Crippen LogP contribution in [-0.4, -0.2) is 58.6 Å². The summed E-state index contributed by atoms with van der Waals surface area (Å²) in [5.74, 6) is 0.270. The van der Waals surface area contributed by atoms with Gasteiger partial charge in [0.1, 0.15) is 5.75 Å². The van der Waals surface area contributed by atoms with Crippen LogP contribution in [0.25, 0.3) is 0 Å². The minimum absolute atomic E-state index is 0.0493. The van der Waals surface area contributed by atoms with Crippen molar-refractivity contribution in [1.29, 1.82) is 0 Å². The van der Waals surface area contributed by atoms with Gasteiger partial charge in [-0.05, 0) is 36.8 Å². The van der Waals surface area contributed by atoms with Crippen molar-refractivity contribution in [2.24, 2.45) is 0 Å². The van der Waals surface area contributed by atoms with Gasteiger partial charge in [-0.15, -0.1) is 0 Å². The molecule has 1 saturated heterocycles. The molecule has 10 heteroatoms. The van der Waals surface area contributed by atoms with Gasteiger partial charge >= 0.3 is 0 Å². The van der Waals surface area contributed by atoms with Gasteiger partial charge < -0.3 is 20.1 Å². The topological polar surface area (TPSA) is 97.0 Å². The number of ether oxygens (including phenoxy) is 2. The summed E-state index contributed by atoms with van der Waals surface area (Å²) in [6.45, 7) is 3.03. The molecular formula is C20H24ClN3O5S. The summed E-state index contributed by atoms with van der Waals surface area (Å²) in [6, 6.07) is 9.91. The maximum Gasteiger partial charge on any atom is 0.243 e. The minimum Gasteiger partial charge on any atom is -0.497 e. The Bertz CT molecular complexity index is 1020. The summed E-state index contributed by atoms with van der Waals surface area (Å²) in [4.78, 5) is 12.5. The molecule has 0 aromatic heterocycles. The molecule has 0 saturated carbocycles. The Hall–Kier alpha value is -2.33. The van der Waals surface area contributed by atoms with E-state index >= 15 is 0 Å². The second kappa shape index (κ2) is 9.65. The predicted molar refractivity (Wildman–Crippen MR) is 116 cm³/mol. The number of benzene rings is 2. The molecule has 0 atom stereocenters. The van der Waals surface area contributed by atoms with Gasteiger partial charge in [0.15, 0.2) is 0 Å². The lowest BCUT2D eigenvalue weighted by atomic mass is 10.2. The highest BCUT2D eigenvalue weighted by Crippen LogP contribution is 2.27. The van der Waals surface area contributed by atoms with E-state index in [0.29, 0.717) is 54.0 Å². The lowest BCUT2D eigenvalue weighted by molar-refractivity contribution is -0.114. The summed E-state index contributed by atoms with van der Waals surface area (Å²) < 4.78 is 37.7. The Balaban J connectivity index is 1.70. The summed E-state index contributed by atoms with van der Waals surface area (Å²) in [5.41, 5.74) is 1.57. The van der Waals surface area contributed by atoms with Gasteiger partial charge in [-0.1, -0.05) is 17.7 Å². The van der Waals surface area contributed by atoms with Gasteiger partial charge in [-0.3, -0.25) is 4.79 Å². The standard InChI is InChI=1S/C20H24ClN3O5S/c1-14-3-4-15(11-19(14)30(26,27)24-7-9-29-10-8-24)23-20(25)13-22-18-12-16(28-2)5-6-17(18)21/h3-6,11-12,22H,7-10,13H2,1-2H3,(H,23,25). The second-order valence-corrected chi connectivity index (χ2v) is 9.06. The van der Waals surface area contributed by atoms with Crippen LogP contribution < -0.4 is 15.4 Å². The monoisotopic (exact) mass is 453 g/mol. The fraction of sp³-hybridized carbons (Fsp3) is 0.350. The Morgan fingerprint density at radius 1 is 1.20 bits per heavy atom. The highest BCUT2D eigenvalue weighted by Gasteiger charge is 2.28. The molecule has 0 spiro atoms. The second-order valence-electron chi connectivity index (χ2n) is 6.74. The van der Waals surface area contributed by atoms with Crippen LogP contribution in [0.2, 0.25) is 5.02 Å². The summed E-state index contributed by atoms with van der Waals surface area (Å²) in [6.07, 6.45) is 0. The van der Waals surface area contributed by atoms with Crippen LogP contribution in [0.4, 0.5) is 11.4 Å². The number of nitrogens with zero attached hydrogens (tertiary/aromatic N) is 1. The lowest BCUT2D eigenvalue weighted by Crippen LogP contribution is -2.40. The number of hydrogen-bond acceptors (Lipinski definition) is 6. The van der Waals surface area contributed by atoms with Crippen LogP contribution in [0, 0.1) is 6.92 Å². The van der Waals surface area contributed by atoms with Crippen molar-refractivity contribution in [1.82, 2.24) is 4.31 Å². The molecule has 1 fully saturated rings. The van der Waals surface area contributed by atoms with Crippen molar-refractivity contribution >= 4 is 38.9 Å². The fourth-order valence-corrected chi connectivity index (χ4v) is 4.87. The Morgan fingerprint density at radius 2 is 1.93 bits per heavy atom. The third kappa shape index (κ3) is 5.23. The first-order chi connectivity index (χ1) is 14.3. The van der Waals surface area contributed by atoms with Crippen LogP contribution in [0.1, 0.15) is 5.56 Å². The van der Waals surface area contributed by atoms with E-state index in [9.17, 15) is 13.2 Å².